The van der Waals surface area contributed by atoms with Gasteiger partial charge in [-0.25, -0.2) is 0 Å². The SMILES string of the molecule is COc1ccc(COCc2cc(/C(C)=N/[S@+]([O-])C(C)(C)C)ccn2)cc1. The van der Waals surface area contributed by atoms with Crippen molar-refractivity contribution >= 4 is 17.1 Å². The molecule has 1 aromatic carbocycles. The van der Waals surface area contributed by atoms with E-state index in [1.54, 1.807) is 13.3 Å². The Bertz CT molecular complexity index is 739. The third-order valence-corrected chi connectivity index (χ3v) is 5.14. The normalized spacial score (nSPS) is 13.5. The van der Waals surface area contributed by atoms with Gasteiger partial charge in [0.25, 0.3) is 0 Å². The first-order valence-electron chi connectivity index (χ1n) is 8.43. The lowest BCUT2D eigenvalue weighted by Gasteiger charge is -2.18. The molecular weight excluding hydrogens is 348 g/mol. The van der Waals surface area contributed by atoms with Gasteiger partial charge in [0.2, 0.25) is 0 Å². The minimum Gasteiger partial charge on any atom is -0.591 e. The maximum atomic E-state index is 12.2. The molecular formula is C20H26N2O3S. The molecule has 0 N–H and O–H groups in total. The monoisotopic (exact) mass is 374 g/mol. The molecule has 5 nitrogen and oxygen atoms in total. The van der Waals surface area contributed by atoms with E-state index in [4.69, 9.17) is 9.47 Å². The molecule has 1 aromatic heterocycles. The van der Waals surface area contributed by atoms with Gasteiger partial charge in [0, 0.05) is 11.8 Å². The van der Waals surface area contributed by atoms with E-state index in [0.29, 0.717) is 13.2 Å². The predicted molar refractivity (Wildman–Crippen MR) is 106 cm³/mol. The summed E-state index contributed by atoms with van der Waals surface area (Å²) >= 11 is -1.28. The summed E-state index contributed by atoms with van der Waals surface area (Å²) in [6, 6.07) is 11.6. The van der Waals surface area contributed by atoms with Crippen molar-refractivity contribution in [2.75, 3.05) is 7.11 Å². The van der Waals surface area contributed by atoms with Crippen LogP contribution in [0.15, 0.2) is 47.0 Å². The van der Waals surface area contributed by atoms with E-state index in [1.807, 2.05) is 64.1 Å². The van der Waals surface area contributed by atoms with Gasteiger partial charge in [-0.2, -0.15) is 0 Å². The van der Waals surface area contributed by atoms with Crippen LogP contribution < -0.4 is 4.74 Å². The summed E-state index contributed by atoms with van der Waals surface area (Å²) in [5.41, 5.74) is 3.52. The fourth-order valence-corrected chi connectivity index (χ4v) is 2.72. The summed E-state index contributed by atoms with van der Waals surface area (Å²) < 4.78 is 27.0. The number of nitrogens with zero attached hydrogens (tertiary/aromatic N) is 2. The van der Waals surface area contributed by atoms with Crippen LogP contribution in [0, 0.1) is 0 Å². The Morgan fingerprint density at radius 1 is 1.15 bits per heavy atom. The number of ether oxygens (including phenoxy) is 2. The zero-order chi connectivity index (χ0) is 19.2. The second-order valence-electron chi connectivity index (χ2n) is 6.91. The molecule has 0 saturated heterocycles. The summed E-state index contributed by atoms with van der Waals surface area (Å²) in [6.07, 6.45) is 1.72. The van der Waals surface area contributed by atoms with Gasteiger partial charge in [-0.15, -0.1) is 0 Å². The van der Waals surface area contributed by atoms with Crippen molar-refractivity contribution in [3.05, 3.63) is 59.4 Å². The van der Waals surface area contributed by atoms with Gasteiger partial charge in [0.05, 0.1) is 31.7 Å². The second-order valence-corrected chi connectivity index (χ2v) is 8.82. The zero-order valence-electron chi connectivity index (χ0n) is 16.0. The molecule has 1 atom stereocenters. The number of hydrogen-bond acceptors (Lipinski definition) is 5. The number of aromatic nitrogens is 1. The molecule has 0 amide bonds. The second kappa shape index (κ2) is 9.16. The Morgan fingerprint density at radius 3 is 2.46 bits per heavy atom. The fraction of sp³-hybridized carbons (Fsp3) is 0.400. The van der Waals surface area contributed by atoms with Crippen LogP contribution in [0.3, 0.4) is 0 Å². The average molecular weight is 375 g/mol. The first-order chi connectivity index (χ1) is 12.3. The van der Waals surface area contributed by atoms with Crippen LogP contribution in [0.4, 0.5) is 0 Å². The third kappa shape index (κ3) is 6.12. The van der Waals surface area contributed by atoms with E-state index >= 15 is 0 Å². The van der Waals surface area contributed by atoms with Gasteiger partial charge in [-0.1, -0.05) is 16.5 Å². The lowest BCUT2D eigenvalue weighted by Crippen LogP contribution is -2.26. The highest BCUT2D eigenvalue weighted by Gasteiger charge is 2.26. The van der Waals surface area contributed by atoms with E-state index < -0.39 is 11.4 Å². The number of hydrogen-bond donors (Lipinski definition) is 0. The first-order valence-corrected chi connectivity index (χ1v) is 9.53. The van der Waals surface area contributed by atoms with E-state index in [1.165, 1.54) is 0 Å². The van der Waals surface area contributed by atoms with Crippen LogP contribution in [-0.4, -0.2) is 27.1 Å². The molecule has 0 aliphatic heterocycles. The van der Waals surface area contributed by atoms with Crippen LogP contribution in [0.2, 0.25) is 0 Å². The molecule has 0 aliphatic carbocycles. The van der Waals surface area contributed by atoms with Crippen LogP contribution in [0.25, 0.3) is 0 Å². The fourth-order valence-electron chi connectivity index (χ4n) is 2.09. The maximum Gasteiger partial charge on any atom is 0.144 e. The third-order valence-electron chi connectivity index (χ3n) is 3.66. The molecule has 1 heterocycles. The van der Waals surface area contributed by atoms with Gasteiger partial charge in [-0.3, -0.25) is 4.98 Å². The van der Waals surface area contributed by atoms with Gasteiger partial charge < -0.3 is 14.0 Å². The molecule has 0 bridgehead atoms. The zero-order valence-corrected chi connectivity index (χ0v) is 16.8. The molecule has 2 rings (SSSR count). The van der Waals surface area contributed by atoms with Crippen LogP contribution in [0.1, 0.15) is 44.5 Å². The molecule has 6 heteroatoms. The van der Waals surface area contributed by atoms with E-state index in [-0.39, 0.29) is 4.75 Å². The Hall–Kier alpha value is -1.89. The van der Waals surface area contributed by atoms with E-state index in [0.717, 1.165) is 28.3 Å². The highest BCUT2D eigenvalue weighted by Crippen LogP contribution is 2.18. The van der Waals surface area contributed by atoms with Crippen molar-refractivity contribution in [1.82, 2.24) is 4.98 Å². The molecule has 26 heavy (non-hydrogen) atoms. The Kier molecular flexibility index (Phi) is 7.20. The molecule has 0 saturated carbocycles. The molecule has 0 spiro atoms. The molecule has 2 aromatic rings. The minimum absolute atomic E-state index is 0.376. The smallest absolute Gasteiger partial charge is 0.144 e. The molecule has 0 aliphatic rings. The Balaban J connectivity index is 1.96. The van der Waals surface area contributed by atoms with Crippen molar-refractivity contribution in [2.24, 2.45) is 4.40 Å². The van der Waals surface area contributed by atoms with Crippen LogP contribution in [-0.2, 0) is 29.3 Å². The minimum atomic E-state index is -1.28. The summed E-state index contributed by atoms with van der Waals surface area (Å²) in [5.74, 6) is 0.825. The molecule has 140 valence electrons. The lowest BCUT2D eigenvalue weighted by atomic mass is 10.1. The van der Waals surface area contributed by atoms with Crippen molar-refractivity contribution in [3.63, 3.8) is 0 Å². The van der Waals surface area contributed by atoms with Crippen molar-refractivity contribution in [2.45, 2.75) is 45.7 Å². The van der Waals surface area contributed by atoms with Gasteiger partial charge >= 0.3 is 0 Å². The number of pyridine rings is 1. The number of rotatable bonds is 7. The lowest BCUT2D eigenvalue weighted by molar-refractivity contribution is 0.104. The molecule has 0 fully saturated rings. The van der Waals surface area contributed by atoms with Crippen molar-refractivity contribution < 1.29 is 14.0 Å². The van der Waals surface area contributed by atoms with Gasteiger partial charge in [0.15, 0.2) is 0 Å². The predicted octanol–water partition coefficient (Wildman–Crippen LogP) is 4.08. The number of methoxy groups -OCH3 is 1. The molecule has 0 unspecified atom stereocenters. The van der Waals surface area contributed by atoms with Gasteiger partial charge in [0.1, 0.15) is 21.9 Å². The summed E-state index contributed by atoms with van der Waals surface area (Å²) in [5, 5.41) is 0. The summed E-state index contributed by atoms with van der Waals surface area (Å²) in [4.78, 5) is 4.33. The standard InChI is InChI=1S/C20H26N2O3S/c1-15(22-26(23)20(2,3)4)17-10-11-21-18(12-17)14-25-13-16-6-8-19(24-5)9-7-16/h6-12H,13-14H2,1-5H3/b22-15+/t26-/m1/s1. The van der Waals surface area contributed by atoms with Crippen LogP contribution >= 0.6 is 0 Å². The largest absolute Gasteiger partial charge is 0.591 e. The maximum absolute atomic E-state index is 12.2. The number of benzene rings is 1. The van der Waals surface area contributed by atoms with Crippen molar-refractivity contribution in [1.29, 1.82) is 0 Å². The highest BCUT2D eigenvalue weighted by molar-refractivity contribution is 7.91. The van der Waals surface area contributed by atoms with Crippen molar-refractivity contribution in [3.8, 4) is 5.75 Å². The molecule has 0 radical (unpaired) electrons. The Morgan fingerprint density at radius 2 is 1.85 bits per heavy atom. The van der Waals surface area contributed by atoms with E-state index in [2.05, 4.69) is 9.38 Å². The van der Waals surface area contributed by atoms with Gasteiger partial charge in [-0.05, 0) is 57.5 Å². The van der Waals surface area contributed by atoms with Crippen LogP contribution in [0.5, 0.6) is 5.75 Å². The average Bonchev–Trinajstić information content (AvgIpc) is 2.61. The Labute approximate surface area is 158 Å². The highest BCUT2D eigenvalue weighted by atomic mass is 32.2. The summed E-state index contributed by atoms with van der Waals surface area (Å²) in [6.45, 7) is 8.48. The van der Waals surface area contributed by atoms with E-state index in [9.17, 15) is 4.55 Å². The summed E-state index contributed by atoms with van der Waals surface area (Å²) in [7, 11) is 1.65. The topological polar surface area (TPSA) is 66.8 Å². The quantitative estimate of drug-likeness (QED) is 0.541. The first kappa shape index (κ1) is 20.4.